The van der Waals surface area contributed by atoms with Gasteiger partial charge in [-0.25, -0.2) is 0 Å². The molecule has 1 aromatic heterocycles. The first kappa shape index (κ1) is 20.3. The highest BCUT2D eigenvalue weighted by Gasteiger charge is 2.40. The van der Waals surface area contributed by atoms with Gasteiger partial charge in [0, 0.05) is 36.8 Å². The molecule has 2 atom stereocenters. The van der Waals surface area contributed by atoms with E-state index < -0.39 is 6.04 Å². The van der Waals surface area contributed by atoms with E-state index in [1.165, 1.54) is 0 Å². The molecule has 6 heteroatoms. The quantitative estimate of drug-likeness (QED) is 0.881. The average molecular weight is 383 g/mol. The monoisotopic (exact) mass is 382 g/mol. The van der Waals surface area contributed by atoms with Gasteiger partial charge in [0.2, 0.25) is 5.91 Å². The molecule has 1 saturated heterocycles. The second-order valence-electron chi connectivity index (χ2n) is 7.77. The zero-order valence-electron chi connectivity index (χ0n) is 17.5. The van der Waals surface area contributed by atoms with E-state index in [4.69, 9.17) is 5.73 Å². The molecule has 0 bridgehead atoms. The summed E-state index contributed by atoms with van der Waals surface area (Å²) in [5.41, 5.74) is 10.5. The number of aryl methyl sites for hydroxylation is 3. The first-order valence-electron chi connectivity index (χ1n) is 10.0. The molecule has 1 aliphatic rings. The fourth-order valence-corrected chi connectivity index (χ4v) is 4.21. The van der Waals surface area contributed by atoms with Gasteiger partial charge in [-0.05, 0) is 58.7 Å². The molecule has 0 saturated carbocycles. The number of aromatic nitrogens is 1. The number of nitrogens with two attached hydrogens (primary N) is 1. The van der Waals surface area contributed by atoms with Gasteiger partial charge >= 0.3 is 0 Å². The molecule has 3 rings (SSSR count). The number of carbonyl (C=O) groups is 2. The number of carbonyl (C=O) groups excluding carboxylic acids is 2. The van der Waals surface area contributed by atoms with E-state index in [0.717, 1.165) is 27.7 Å². The molecule has 1 aromatic carbocycles. The number of pyridine rings is 1. The number of amides is 2. The van der Waals surface area contributed by atoms with Crippen molar-refractivity contribution < 1.29 is 9.59 Å². The minimum Gasteiger partial charge on any atom is -0.341 e. The molecule has 6 nitrogen and oxygen atoms in total. The molecule has 28 heavy (non-hydrogen) atoms. The normalized spacial score (nSPS) is 19.3. The second kappa shape index (κ2) is 7.87. The van der Waals surface area contributed by atoms with Crippen LogP contribution in [0.4, 0.5) is 0 Å². The molecule has 1 fully saturated rings. The van der Waals surface area contributed by atoms with Gasteiger partial charge in [-0.15, -0.1) is 0 Å². The van der Waals surface area contributed by atoms with Crippen LogP contribution in [0.1, 0.15) is 47.4 Å². The smallest absolute Gasteiger partial charge is 0.255 e. The standard InChI is InChI=1S/C22H30N4O2/c1-6-25(7-2)22(28)19-11-16(23)12-26(19)21(27)18-10-15(5)24-20-14(4)8-13(3)9-17(18)20/h8-10,16,19H,6-7,11-12,23H2,1-5H3. The Morgan fingerprint density at radius 1 is 1.18 bits per heavy atom. The molecule has 150 valence electrons. The van der Waals surface area contributed by atoms with E-state index in [0.29, 0.717) is 31.6 Å². The van der Waals surface area contributed by atoms with Crippen LogP contribution in [0, 0.1) is 20.8 Å². The number of likely N-dealkylation sites (tertiary alicyclic amines) is 1. The Labute approximate surface area is 166 Å². The Kier molecular flexibility index (Phi) is 5.70. The van der Waals surface area contributed by atoms with Crippen LogP contribution in [0.2, 0.25) is 0 Å². The first-order valence-corrected chi connectivity index (χ1v) is 10.0. The van der Waals surface area contributed by atoms with Crippen molar-refractivity contribution in [2.75, 3.05) is 19.6 Å². The van der Waals surface area contributed by atoms with Crippen LogP contribution in [-0.2, 0) is 4.79 Å². The number of nitrogens with zero attached hydrogens (tertiary/aromatic N) is 3. The number of benzene rings is 1. The molecule has 2 N–H and O–H groups in total. The third kappa shape index (κ3) is 3.61. The van der Waals surface area contributed by atoms with E-state index in [2.05, 4.69) is 11.1 Å². The van der Waals surface area contributed by atoms with Crippen LogP contribution in [0.3, 0.4) is 0 Å². The van der Waals surface area contributed by atoms with E-state index in [-0.39, 0.29) is 17.9 Å². The van der Waals surface area contributed by atoms with Crippen molar-refractivity contribution in [2.24, 2.45) is 5.73 Å². The Balaban J connectivity index is 2.06. The highest BCUT2D eigenvalue weighted by Crippen LogP contribution is 2.28. The van der Waals surface area contributed by atoms with Crippen molar-refractivity contribution in [2.45, 2.75) is 53.1 Å². The minimum atomic E-state index is -0.503. The zero-order chi connectivity index (χ0) is 20.6. The van der Waals surface area contributed by atoms with Crippen molar-refractivity contribution in [3.63, 3.8) is 0 Å². The second-order valence-corrected chi connectivity index (χ2v) is 7.77. The Morgan fingerprint density at radius 3 is 2.50 bits per heavy atom. The Hall–Kier alpha value is -2.47. The fourth-order valence-electron chi connectivity index (χ4n) is 4.21. The summed E-state index contributed by atoms with van der Waals surface area (Å²) in [6.45, 7) is 11.5. The summed E-state index contributed by atoms with van der Waals surface area (Å²) >= 11 is 0. The van der Waals surface area contributed by atoms with Gasteiger partial charge in [0.05, 0.1) is 11.1 Å². The molecular formula is C22H30N4O2. The summed E-state index contributed by atoms with van der Waals surface area (Å²) in [6.07, 6.45) is 0.501. The van der Waals surface area contributed by atoms with Crippen molar-refractivity contribution in [1.82, 2.24) is 14.8 Å². The lowest BCUT2D eigenvalue weighted by molar-refractivity contribution is -0.134. The summed E-state index contributed by atoms with van der Waals surface area (Å²) in [5.74, 6) is -0.160. The maximum absolute atomic E-state index is 13.6. The fraction of sp³-hybridized carbons (Fsp3) is 0.500. The van der Waals surface area contributed by atoms with Crippen LogP contribution in [0.5, 0.6) is 0 Å². The predicted octanol–water partition coefficient (Wildman–Crippen LogP) is 2.57. The van der Waals surface area contributed by atoms with Gasteiger partial charge in [-0.1, -0.05) is 11.6 Å². The lowest BCUT2D eigenvalue weighted by Crippen LogP contribution is -2.47. The van der Waals surface area contributed by atoms with Crippen LogP contribution in [0.15, 0.2) is 18.2 Å². The summed E-state index contributed by atoms with van der Waals surface area (Å²) in [7, 11) is 0. The van der Waals surface area contributed by atoms with Crippen LogP contribution in [-0.4, -0.2) is 58.3 Å². The minimum absolute atomic E-state index is 0.0197. The zero-order valence-corrected chi connectivity index (χ0v) is 17.5. The van der Waals surface area contributed by atoms with Crippen LogP contribution in [0.25, 0.3) is 10.9 Å². The first-order chi connectivity index (χ1) is 13.3. The summed E-state index contributed by atoms with van der Waals surface area (Å²) in [4.78, 5) is 34.6. The lowest BCUT2D eigenvalue weighted by atomic mass is 10.0. The highest BCUT2D eigenvalue weighted by molar-refractivity contribution is 6.08. The largest absolute Gasteiger partial charge is 0.341 e. The SMILES string of the molecule is CCN(CC)C(=O)C1CC(N)CN1C(=O)c1cc(C)nc2c(C)cc(C)cc12. The summed E-state index contributed by atoms with van der Waals surface area (Å²) in [5, 5.41) is 0.836. The maximum atomic E-state index is 13.6. The van der Waals surface area contributed by atoms with Gasteiger partial charge in [-0.2, -0.15) is 0 Å². The van der Waals surface area contributed by atoms with E-state index in [1.807, 2.05) is 46.8 Å². The van der Waals surface area contributed by atoms with E-state index >= 15 is 0 Å². The molecule has 0 radical (unpaired) electrons. The maximum Gasteiger partial charge on any atom is 0.255 e. The van der Waals surface area contributed by atoms with E-state index in [9.17, 15) is 9.59 Å². The van der Waals surface area contributed by atoms with Crippen molar-refractivity contribution in [3.05, 3.63) is 40.6 Å². The van der Waals surface area contributed by atoms with Crippen molar-refractivity contribution >= 4 is 22.7 Å². The van der Waals surface area contributed by atoms with Gasteiger partial charge in [0.15, 0.2) is 0 Å². The average Bonchev–Trinajstić information content (AvgIpc) is 3.04. The van der Waals surface area contributed by atoms with Crippen molar-refractivity contribution in [3.8, 4) is 0 Å². The number of fused-ring (bicyclic) bond motifs is 1. The Morgan fingerprint density at radius 2 is 1.86 bits per heavy atom. The third-order valence-corrected chi connectivity index (χ3v) is 5.56. The topological polar surface area (TPSA) is 79.5 Å². The predicted molar refractivity (Wildman–Crippen MR) is 111 cm³/mol. The van der Waals surface area contributed by atoms with Gasteiger partial charge in [0.25, 0.3) is 5.91 Å². The summed E-state index contributed by atoms with van der Waals surface area (Å²) in [6, 6.07) is 5.20. The van der Waals surface area contributed by atoms with E-state index in [1.54, 1.807) is 9.80 Å². The van der Waals surface area contributed by atoms with Gasteiger partial charge < -0.3 is 15.5 Å². The molecule has 2 amide bonds. The molecule has 0 spiro atoms. The lowest BCUT2D eigenvalue weighted by Gasteiger charge is -2.29. The molecule has 0 aliphatic carbocycles. The number of hydrogen-bond acceptors (Lipinski definition) is 4. The summed E-state index contributed by atoms with van der Waals surface area (Å²) < 4.78 is 0. The van der Waals surface area contributed by atoms with Gasteiger partial charge in [-0.3, -0.25) is 14.6 Å². The van der Waals surface area contributed by atoms with Crippen LogP contribution >= 0.6 is 0 Å². The molecule has 1 aliphatic heterocycles. The van der Waals surface area contributed by atoms with Gasteiger partial charge in [0.1, 0.15) is 6.04 Å². The van der Waals surface area contributed by atoms with Crippen molar-refractivity contribution in [1.29, 1.82) is 0 Å². The number of hydrogen-bond donors (Lipinski definition) is 1. The molecular weight excluding hydrogens is 352 g/mol. The van der Waals surface area contributed by atoms with Crippen LogP contribution < -0.4 is 5.73 Å². The third-order valence-electron chi connectivity index (χ3n) is 5.56. The highest BCUT2D eigenvalue weighted by atomic mass is 16.2. The Bertz CT molecular complexity index is 920. The number of likely N-dealkylation sites (N-methyl/N-ethyl adjacent to an activating group) is 1. The number of rotatable bonds is 4. The molecule has 2 heterocycles. The molecule has 2 aromatic rings. The molecule has 2 unspecified atom stereocenters.